The molecule has 1 fully saturated rings. The molecule has 8 heteroatoms. The lowest BCUT2D eigenvalue weighted by Gasteiger charge is -2.39. The molecule has 4 rings (SSSR count). The topological polar surface area (TPSA) is 75.4 Å². The zero-order chi connectivity index (χ0) is 22.3. The van der Waals surface area contributed by atoms with Gasteiger partial charge in [-0.2, -0.15) is 0 Å². The van der Waals surface area contributed by atoms with Gasteiger partial charge in [-0.05, 0) is 61.8 Å². The minimum Gasteiger partial charge on any atom is -0.377 e. The molecule has 0 bridgehead atoms. The standard InChI is InChI=1S/C23H27BrN4O3/c1-5-27(18-11-31-12-18)23-15(4)19(8-17-7-16(24)10-28(17)23)21(29)25-9-20-13(2)6-14(3)26-22(20)30/h6-8,10,18,20H,5,9,11-12H2,1-4H3,(H,25,29). The second-order valence-corrected chi connectivity index (χ2v) is 9.10. The Hall–Kier alpha value is -2.45. The van der Waals surface area contributed by atoms with E-state index in [1.807, 2.05) is 38.3 Å². The second-order valence-electron chi connectivity index (χ2n) is 8.18. The molecule has 0 spiro atoms. The zero-order valence-corrected chi connectivity index (χ0v) is 19.8. The fourth-order valence-electron chi connectivity index (χ4n) is 4.32. The first-order valence-corrected chi connectivity index (χ1v) is 11.3. The van der Waals surface area contributed by atoms with E-state index in [1.165, 1.54) is 0 Å². The van der Waals surface area contributed by atoms with Gasteiger partial charge in [0.1, 0.15) is 5.82 Å². The number of rotatable bonds is 6. The Morgan fingerprint density at radius 2 is 2.06 bits per heavy atom. The highest BCUT2D eigenvalue weighted by molar-refractivity contribution is 9.10. The summed E-state index contributed by atoms with van der Waals surface area (Å²) in [5.41, 5.74) is 4.06. The molecule has 2 amide bonds. The molecule has 2 aliphatic rings. The van der Waals surface area contributed by atoms with Crippen LogP contribution in [0.3, 0.4) is 0 Å². The number of aliphatic imine (C=N–C) groups is 1. The summed E-state index contributed by atoms with van der Waals surface area (Å²) < 4.78 is 8.49. The van der Waals surface area contributed by atoms with Gasteiger partial charge in [-0.15, -0.1) is 0 Å². The van der Waals surface area contributed by atoms with E-state index in [0.717, 1.165) is 33.5 Å². The number of carbonyl (C=O) groups is 2. The number of nitrogens with zero attached hydrogens (tertiary/aromatic N) is 3. The van der Waals surface area contributed by atoms with E-state index >= 15 is 0 Å². The number of anilines is 1. The van der Waals surface area contributed by atoms with Gasteiger partial charge in [-0.3, -0.25) is 9.59 Å². The third-order valence-corrected chi connectivity index (χ3v) is 6.47. The van der Waals surface area contributed by atoms with E-state index in [2.05, 4.69) is 42.5 Å². The van der Waals surface area contributed by atoms with Crippen molar-refractivity contribution in [3.05, 3.63) is 45.6 Å². The summed E-state index contributed by atoms with van der Waals surface area (Å²) >= 11 is 3.56. The molecule has 4 heterocycles. The maximum Gasteiger partial charge on any atom is 0.254 e. The lowest BCUT2D eigenvalue weighted by atomic mass is 9.95. The number of hydrogen-bond donors (Lipinski definition) is 1. The zero-order valence-electron chi connectivity index (χ0n) is 18.2. The molecule has 2 aromatic rings. The third kappa shape index (κ3) is 4.06. The van der Waals surface area contributed by atoms with Crippen LogP contribution >= 0.6 is 15.9 Å². The highest BCUT2D eigenvalue weighted by atomic mass is 79.9. The van der Waals surface area contributed by atoms with Crippen molar-refractivity contribution in [2.75, 3.05) is 31.2 Å². The number of halogens is 1. The minimum atomic E-state index is -0.419. The maximum absolute atomic E-state index is 13.2. The van der Waals surface area contributed by atoms with Gasteiger partial charge >= 0.3 is 0 Å². The molecule has 0 radical (unpaired) electrons. The lowest BCUT2D eigenvalue weighted by molar-refractivity contribution is -0.120. The van der Waals surface area contributed by atoms with Crippen LogP contribution in [-0.4, -0.2) is 54.3 Å². The smallest absolute Gasteiger partial charge is 0.254 e. The van der Waals surface area contributed by atoms with Gasteiger partial charge in [0.15, 0.2) is 0 Å². The van der Waals surface area contributed by atoms with E-state index in [4.69, 9.17) is 4.74 Å². The van der Waals surface area contributed by atoms with Crippen molar-refractivity contribution in [1.29, 1.82) is 0 Å². The van der Waals surface area contributed by atoms with Crippen LogP contribution in [0.5, 0.6) is 0 Å². The molecule has 0 aliphatic carbocycles. The van der Waals surface area contributed by atoms with Crippen LogP contribution in [0.1, 0.15) is 36.7 Å². The average Bonchev–Trinajstić information content (AvgIpc) is 3.03. The fraction of sp³-hybridized carbons (Fsp3) is 0.435. The van der Waals surface area contributed by atoms with Gasteiger partial charge in [-0.25, -0.2) is 4.99 Å². The predicted octanol–water partition coefficient (Wildman–Crippen LogP) is 3.53. The monoisotopic (exact) mass is 486 g/mol. The quantitative estimate of drug-likeness (QED) is 0.677. The number of likely N-dealkylation sites (N-methyl/N-ethyl adjacent to an activating group) is 1. The van der Waals surface area contributed by atoms with E-state index < -0.39 is 5.92 Å². The average molecular weight is 487 g/mol. The van der Waals surface area contributed by atoms with Crippen LogP contribution < -0.4 is 10.2 Å². The first-order chi connectivity index (χ1) is 14.8. The van der Waals surface area contributed by atoms with Crippen molar-refractivity contribution in [2.24, 2.45) is 10.9 Å². The van der Waals surface area contributed by atoms with Crippen molar-refractivity contribution in [3.8, 4) is 0 Å². The molecular weight excluding hydrogens is 460 g/mol. The van der Waals surface area contributed by atoms with E-state index in [-0.39, 0.29) is 18.4 Å². The number of aromatic nitrogens is 1. The summed E-state index contributed by atoms with van der Waals surface area (Å²) in [6, 6.07) is 4.19. The van der Waals surface area contributed by atoms with Gasteiger partial charge in [0.25, 0.3) is 11.8 Å². The molecule has 7 nitrogen and oxygen atoms in total. The Morgan fingerprint density at radius 1 is 1.32 bits per heavy atom. The Morgan fingerprint density at radius 3 is 2.68 bits per heavy atom. The first-order valence-electron chi connectivity index (χ1n) is 10.5. The normalized spacial score (nSPS) is 19.1. The van der Waals surface area contributed by atoms with Gasteiger partial charge in [0.05, 0.1) is 25.2 Å². The van der Waals surface area contributed by atoms with Crippen molar-refractivity contribution in [1.82, 2.24) is 9.72 Å². The molecule has 0 aromatic carbocycles. The molecule has 1 atom stereocenters. The number of fused-ring (bicyclic) bond motifs is 1. The minimum absolute atomic E-state index is 0.189. The van der Waals surface area contributed by atoms with Crippen LogP contribution in [-0.2, 0) is 9.53 Å². The number of amides is 2. The molecule has 2 aliphatic heterocycles. The van der Waals surface area contributed by atoms with Crippen molar-refractivity contribution in [2.45, 2.75) is 33.7 Å². The lowest BCUT2D eigenvalue weighted by Crippen LogP contribution is -2.50. The van der Waals surface area contributed by atoms with E-state index in [1.54, 1.807) is 6.92 Å². The van der Waals surface area contributed by atoms with Gasteiger partial charge in [0, 0.05) is 46.1 Å². The largest absolute Gasteiger partial charge is 0.377 e. The molecule has 31 heavy (non-hydrogen) atoms. The Kier molecular flexibility index (Phi) is 6.03. The van der Waals surface area contributed by atoms with Crippen LogP contribution in [0.4, 0.5) is 5.82 Å². The van der Waals surface area contributed by atoms with Gasteiger partial charge in [-0.1, -0.05) is 5.57 Å². The molecule has 1 N–H and O–H groups in total. The van der Waals surface area contributed by atoms with Crippen molar-refractivity contribution in [3.63, 3.8) is 0 Å². The fourth-order valence-corrected chi connectivity index (χ4v) is 4.76. The maximum atomic E-state index is 13.2. The van der Waals surface area contributed by atoms with Gasteiger partial charge in [0.2, 0.25) is 0 Å². The highest BCUT2D eigenvalue weighted by Gasteiger charge is 2.30. The predicted molar refractivity (Wildman–Crippen MR) is 125 cm³/mol. The molecular formula is C23H27BrN4O3. The van der Waals surface area contributed by atoms with E-state index in [0.29, 0.717) is 30.5 Å². The van der Waals surface area contributed by atoms with Crippen molar-refractivity contribution < 1.29 is 14.3 Å². The first kappa shape index (κ1) is 21.8. The third-order valence-electron chi connectivity index (χ3n) is 6.03. The second kappa shape index (κ2) is 8.59. The molecule has 164 valence electrons. The number of pyridine rings is 1. The summed E-state index contributed by atoms with van der Waals surface area (Å²) in [7, 11) is 0. The summed E-state index contributed by atoms with van der Waals surface area (Å²) in [4.78, 5) is 31.8. The summed E-state index contributed by atoms with van der Waals surface area (Å²) in [5.74, 6) is 0.182. The summed E-state index contributed by atoms with van der Waals surface area (Å²) in [6.45, 7) is 10.2. The Labute approximate surface area is 190 Å². The number of carbonyl (C=O) groups excluding carboxylic acids is 2. The van der Waals surface area contributed by atoms with Gasteiger partial charge < -0.3 is 19.4 Å². The van der Waals surface area contributed by atoms with Crippen LogP contribution in [0.15, 0.2) is 39.4 Å². The van der Waals surface area contributed by atoms with Crippen LogP contribution in [0, 0.1) is 12.8 Å². The highest BCUT2D eigenvalue weighted by Crippen LogP contribution is 2.31. The van der Waals surface area contributed by atoms with Crippen LogP contribution in [0.2, 0.25) is 0 Å². The number of ether oxygens (including phenoxy) is 1. The molecule has 1 saturated heterocycles. The number of allylic oxidation sites excluding steroid dienone is 1. The Balaban J connectivity index is 1.66. The molecule has 0 saturated carbocycles. The number of dihydropyridines is 1. The molecule has 1 unspecified atom stereocenters. The Bertz CT molecular complexity index is 1110. The molecule has 2 aromatic heterocycles. The summed E-state index contributed by atoms with van der Waals surface area (Å²) in [5, 5.41) is 2.96. The van der Waals surface area contributed by atoms with E-state index in [9.17, 15) is 9.59 Å². The number of nitrogens with one attached hydrogen (secondary N) is 1. The summed E-state index contributed by atoms with van der Waals surface area (Å²) in [6.07, 6.45) is 3.92. The van der Waals surface area contributed by atoms with Crippen LogP contribution in [0.25, 0.3) is 5.52 Å². The SMILES string of the molecule is CCN(c1c(C)c(C(=O)NCC2C(=O)N=C(C)C=C2C)cc2cc(Br)cn12)C1COC1. The van der Waals surface area contributed by atoms with Crippen molar-refractivity contribution >= 4 is 44.8 Å². The number of hydrogen-bond acceptors (Lipinski definition) is 4.